The Morgan fingerprint density at radius 1 is 0.882 bits per heavy atom. The van der Waals surface area contributed by atoms with E-state index in [1.54, 1.807) is 17.0 Å². The highest BCUT2D eigenvalue weighted by Crippen LogP contribution is 2.41. The van der Waals surface area contributed by atoms with Gasteiger partial charge in [-0.15, -0.1) is 0 Å². The number of anilines is 2. The number of para-hydroxylation sites is 3. The average molecular weight is 453 g/mol. The molecule has 1 saturated heterocycles. The number of aryl methyl sites for hydroxylation is 2. The number of hydrogen-bond donors (Lipinski definition) is 1. The van der Waals surface area contributed by atoms with Gasteiger partial charge in [0.05, 0.1) is 18.0 Å². The molecule has 3 aromatic carbocycles. The second kappa shape index (κ2) is 7.73. The van der Waals surface area contributed by atoms with Crippen molar-refractivity contribution < 1.29 is 19.1 Å². The predicted octanol–water partition coefficient (Wildman–Crippen LogP) is 3.68. The van der Waals surface area contributed by atoms with Gasteiger partial charge in [-0.1, -0.05) is 54.6 Å². The summed E-state index contributed by atoms with van der Waals surface area (Å²) in [6.45, 7) is -0.0458. The van der Waals surface area contributed by atoms with Crippen molar-refractivity contribution in [1.82, 2.24) is 10.2 Å². The molecule has 0 saturated carbocycles. The molecule has 0 aliphatic carbocycles. The maximum absolute atomic E-state index is 13.8. The zero-order valence-electron chi connectivity index (χ0n) is 18.5. The van der Waals surface area contributed by atoms with E-state index in [0.717, 1.165) is 40.2 Å². The Morgan fingerprint density at radius 2 is 1.50 bits per heavy atom. The largest absolute Gasteiger partial charge is 0.493 e. The second-order valence-corrected chi connectivity index (χ2v) is 8.81. The lowest BCUT2D eigenvalue weighted by Crippen LogP contribution is -2.48. The minimum Gasteiger partial charge on any atom is -0.493 e. The van der Waals surface area contributed by atoms with Crippen LogP contribution >= 0.6 is 0 Å². The zero-order valence-corrected chi connectivity index (χ0v) is 18.5. The van der Waals surface area contributed by atoms with Crippen molar-refractivity contribution in [1.29, 1.82) is 0 Å². The van der Waals surface area contributed by atoms with Crippen LogP contribution in [0.4, 0.5) is 16.2 Å². The number of benzene rings is 3. The van der Waals surface area contributed by atoms with Crippen molar-refractivity contribution in [3.05, 3.63) is 89.5 Å². The predicted molar refractivity (Wildman–Crippen MR) is 126 cm³/mol. The maximum atomic E-state index is 13.8. The lowest BCUT2D eigenvalue weighted by atomic mass is 9.84. The summed E-state index contributed by atoms with van der Waals surface area (Å²) in [4.78, 5) is 43.1. The number of hydrogen-bond acceptors (Lipinski definition) is 4. The summed E-state index contributed by atoms with van der Waals surface area (Å²) in [5.74, 6) is -0.174. The Hall–Kier alpha value is -4.13. The molecule has 3 aliphatic heterocycles. The molecule has 7 nitrogen and oxygen atoms in total. The molecule has 3 aromatic rings. The number of urea groups is 1. The van der Waals surface area contributed by atoms with Gasteiger partial charge in [0.25, 0.3) is 11.8 Å². The summed E-state index contributed by atoms with van der Waals surface area (Å²) < 4.78 is 5.70. The first kappa shape index (κ1) is 20.5. The number of carbonyl (C=O) groups is 3. The number of fused-ring (bicyclic) bond motifs is 4. The fourth-order valence-corrected chi connectivity index (χ4v) is 5.27. The van der Waals surface area contributed by atoms with Gasteiger partial charge in [0.2, 0.25) is 0 Å². The Labute approximate surface area is 196 Å². The van der Waals surface area contributed by atoms with E-state index in [9.17, 15) is 14.4 Å². The minimum absolute atomic E-state index is 0.303. The molecule has 0 bridgehead atoms. The van der Waals surface area contributed by atoms with Gasteiger partial charge in [-0.2, -0.15) is 0 Å². The molecule has 1 atom stereocenters. The first-order chi connectivity index (χ1) is 16.6. The van der Waals surface area contributed by atoms with Gasteiger partial charge in [-0.3, -0.25) is 19.4 Å². The number of imide groups is 1. The van der Waals surface area contributed by atoms with E-state index in [4.69, 9.17) is 4.74 Å². The van der Waals surface area contributed by atoms with E-state index in [2.05, 4.69) is 5.32 Å². The van der Waals surface area contributed by atoms with Crippen LogP contribution in [0.15, 0.2) is 72.8 Å². The fourth-order valence-electron chi connectivity index (χ4n) is 5.27. The number of nitrogens with one attached hydrogen (secondary N) is 1. The molecular weight excluding hydrogens is 430 g/mol. The monoisotopic (exact) mass is 453 g/mol. The molecule has 4 amide bonds. The van der Waals surface area contributed by atoms with Gasteiger partial charge in [-0.25, -0.2) is 4.79 Å². The minimum atomic E-state index is -1.21. The fraction of sp³-hybridized carbons (Fsp3) is 0.222. The highest BCUT2D eigenvalue weighted by Gasteiger charge is 2.55. The van der Waals surface area contributed by atoms with Crippen LogP contribution in [-0.2, 0) is 28.0 Å². The van der Waals surface area contributed by atoms with Crippen LogP contribution in [0.3, 0.4) is 0 Å². The van der Waals surface area contributed by atoms with Crippen LogP contribution in [0.25, 0.3) is 0 Å². The van der Waals surface area contributed by atoms with E-state index >= 15 is 0 Å². The summed E-state index contributed by atoms with van der Waals surface area (Å²) in [5, 5.41) is 2.87. The van der Waals surface area contributed by atoms with Crippen LogP contribution < -0.4 is 15.0 Å². The van der Waals surface area contributed by atoms with E-state index < -0.39 is 17.5 Å². The quantitative estimate of drug-likeness (QED) is 0.601. The Kier molecular flexibility index (Phi) is 4.65. The molecule has 1 unspecified atom stereocenters. The summed E-state index contributed by atoms with van der Waals surface area (Å²) in [7, 11) is 0. The molecular formula is C27H23N3O4. The van der Waals surface area contributed by atoms with E-state index in [0.29, 0.717) is 24.3 Å². The van der Waals surface area contributed by atoms with Gasteiger partial charge in [0, 0.05) is 12.0 Å². The van der Waals surface area contributed by atoms with E-state index in [1.165, 1.54) is 0 Å². The second-order valence-electron chi connectivity index (χ2n) is 8.81. The topological polar surface area (TPSA) is 79.0 Å². The number of amides is 4. The average Bonchev–Trinajstić information content (AvgIpc) is 3.00. The summed E-state index contributed by atoms with van der Waals surface area (Å²) in [5.41, 5.74) is 3.10. The van der Waals surface area contributed by atoms with Crippen molar-refractivity contribution in [3.63, 3.8) is 0 Å². The molecule has 1 fully saturated rings. The Balaban J connectivity index is 1.36. The normalized spacial score (nSPS) is 20.7. The van der Waals surface area contributed by atoms with E-state index in [1.807, 2.05) is 60.7 Å². The third kappa shape index (κ3) is 3.00. The smallest absolute Gasteiger partial charge is 0.325 e. The lowest BCUT2D eigenvalue weighted by molar-refractivity contribution is -0.135. The molecule has 6 rings (SSSR count). The van der Waals surface area contributed by atoms with Crippen molar-refractivity contribution in [2.75, 3.05) is 18.1 Å². The molecule has 0 aromatic heterocycles. The summed E-state index contributed by atoms with van der Waals surface area (Å²) in [6, 6.07) is 22.2. The molecule has 7 heteroatoms. The van der Waals surface area contributed by atoms with Crippen molar-refractivity contribution in [3.8, 4) is 5.75 Å². The number of rotatable bonds is 2. The number of nitrogens with zero attached hydrogens (tertiary/aromatic N) is 2. The molecule has 1 N–H and O–H groups in total. The van der Waals surface area contributed by atoms with Gasteiger partial charge in [-0.05, 0) is 42.2 Å². The molecule has 1 spiro atoms. The first-order valence-electron chi connectivity index (χ1n) is 11.4. The third-order valence-corrected chi connectivity index (χ3v) is 6.93. The highest BCUT2D eigenvalue weighted by molar-refractivity contribution is 6.12. The highest BCUT2D eigenvalue weighted by atomic mass is 16.5. The lowest BCUT2D eigenvalue weighted by Gasteiger charge is -2.33. The number of carbonyl (C=O) groups excluding carboxylic acids is 3. The molecule has 170 valence electrons. The molecule has 3 aliphatic rings. The van der Waals surface area contributed by atoms with Crippen LogP contribution in [-0.4, -0.2) is 35.9 Å². The number of ether oxygens (including phenoxy) is 1. The summed E-state index contributed by atoms with van der Waals surface area (Å²) >= 11 is 0. The Bertz CT molecular complexity index is 1290. The molecule has 0 radical (unpaired) electrons. The van der Waals surface area contributed by atoms with Crippen molar-refractivity contribution >= 4 is 29.2 Å². The van der Waals surface area contributed by atoms with Crippen LogP contribution in [0.5, 0.6) is 5.75 Å². The van der Waals surface area contributed by atoms with Gasteiger partial charge in [0.15, 0.2) is 5.54 Å². The standard InChI is InChI=1S/C27H23N3O4/c31-24(30-21-10-4-1-7-18(21)13-14-19-8-2-5-11-22(19)30)17-29-25(32)27(28-26(29)33)15-16-34-23-12-6-3-9-20(23)27/h1-12H,13-17H2,(H,28,33). The van der Waals surface area contributed by atoms with Crippen molar-refractivity contribution in [2.45, 2.75) is 24.8 Å². The van der Waals surface area contributed by atoms with Crippen molar-refractivity contribution in [2.24, 2.45) is 0 Å². The zero-order chi connectivity index (χ0) is 23.3. The summed E-state index contributed by atoms with van der Waals surface area (Å²) in [6.07, 6.45) is 1.93. The van der Waals surface area contributed by atoms with Crippen LogP contribution in [0.2, 0.25) is 0 Å². The molecule has 34 heavy (non-hydrogen) atoms. The van der Waals surface area contributed by atoms with Gasteiger partial charge in [0.1, 0.15) is 12.3 Å². The maximum Gasteiger partial charge on any atom is 0.325 e. The molecule has 3 heterocycles. The third-order valence-electron chi connectivity index (χ3n) is 6.93. The SMILES string of the molecule is O=C1NC2(CCOc3ccccc32)C(=O)N1CC(=O)N1c2ccccc2CCc2ccccc21. The Morgan fingerprint density at radius 3 is 2.21 bits per heavy atom. The van der Waals surface area contributed by atoms with Gasteiger partial charge < -0.3 is 10.1 Å². The van der Waals surface area contributed by atoms with Gasteiger partial charge >= 0.3 is 6.03 Å². The first-order valence-corrected chi connectivity index (χ1v) is 11.4. The van der Waals surface area contributed by atoms with Crippen LogP contribution in [0.1, 0.15) is 23.1 Å². The van der Waals surface area contributed by atoms with E-state index in [-0.39, 0.29) is 12.5 Å². The van der Waals surface area contributed by atoms with Crippen LogP contribution in [0, 0.1) is 0 Å².